The summed E-state index contributed by atoms with van der Waals surface area (Å²) < 4.78 is 7.17. The van der Waals surface area contributed by atoms with E-state index in [0.717, 1.165) is 6.08 Å². The zero-order valence-electron chi connectivity index (χ0n) is 16.7. The molecule has 1 N–H and O–H groups in total. The Morgan fingerprint density at radius 1 is 1.13 bits per heavy atom. The lowest BCUT2D eigenvalue weighted by molar-refractivity contribution is -0.141. The zero-order chi connectivity index (χ0) is 22.0. The molecule has 0 saturated carbocycles. The summed E-state index contributed by atoms with van der Waals surface area (Å²) in [5.41, 5.74) is -0.322. The Bertz CT molecular complexity index is 1310. The molecule has 0 bridgehead atoms. The van der Waals surface area contributed by atoms with Crippen molar-refractivity contribution in [1.82, 2.24) is 9.13 Å². The lowest BCUT2D eigenvalue weighted by Crippen LogP contribution is -2.27. The fourth-order valence-electron chi connectivity index (χ4n) is 3.10. The average molecular weight is 408 g/mol. The number of ether oxygens (including phenoxy) is 1. The van der Waals surface area contributed by atoms with Gasteiger partial charge in [-0.3, -0.25) is 23.7 Å². The smallest absolute Gasteiger partial charge is 0.325 e. The van der Waals surface area contributed by atoms with Crippen LogP contribution in [0.4, 0.5) is 0 Å². The first-order valence-corrected chi connectivity index (χ1v) is 9.06. The van der Waals surface area contributed by atoms with Gasteiger partial charge in [-0.05, 0) is 36.6 Å². The van der Waals surface area contributed by atoms with E-state index in [2.05, 4.69) is 4.74 Å². The summed E-state index contributed by atoms with van der Waals surface area (Å²) in [5, 5.41) is 10.7. The Labute approximate surface area is 171 Å². The molecule has 0 aliphatic carbocycles. The van der Waals surface area contributed by atoms with Gasteiger partial charge in [-0.15, -0.1) is 0 Å². The van der Waals surface area contributed by atoms with Crippen LogP contribution in [-0.2, 0) is 23.1 Å². The monoisotopic (exact) mass is 408 g/mol. The molecule has 0 atom stereocenters. The van der Waals surface area contributed by atoms with E-state index < -0.39 is 28.6 Å². The maximum absolute atomic E-state index is 12.9. The van der Waals surface area contributed by atoms with E-state index in [1.165, 1.54) is 35.4 Å². The van der Waals surface area contributed by atoms with E-state index in [1.807, 2.05) is 0 Å². The van der Waals surface area contributed by atoms with Gasteiger partial charge >= 0.3 is 5.97 Å². The summed E-state index contributed by atoms with van der Waals surface area (Å²) in [4.78, 5) is 49.6. The van der Waals surface area contributed by atoms with Gasteiger partial charge in [0.15, 0.2) is 5.78 Å². The van der Waals surface area contributed by atoms with Gasteiger partial charge in [0, 0.05) is 24.4 Å². The van der Waals surface area contributed by atoms with E-state index in [0.29, 0.717) is 16.6 Å². The fourth-order valence-corrected chi connectivity index (χ4v) is 3.10. The minimum absolute atomic E-state index is 0.148. The number of aromatic hydroxyl groups is 1. The second-order valence-corrected chi connectivity index (χ2v) is 6.73. The molecular weight excluding hydrogens is 388 g/mol. The van der Waals surface area contributed by atoms with Crippen LogP contribution >= 0.6 is 0 Å². The Hall–Kier alpha value is -3.94. The number of carbonyl (C=O) groups excluding carboxylic acids is 2. The third kappa shape index (κ3) is 3.80. The van der Waals surface area contributed by atoms with Crippen molar-refractivity contribution in [2.75, 3.05) is 7.11 Å². The summed E-state index contributed by atoms with van der Waals surface area (Å²) >= 11 is 0. The van der Waals surface area contributed by atoms with Gasteiger partial charge in [0.2, 0.25) is 0 Å². The molecule has 30 heavy (non-hydrogen) atoms. The number of hydrogen-bond donors (Lipinski definition) is 1. The van der Waals surface area contributed by atoms with Crippen molar-refractivity contribution in [3.8, 4) is 5.75 Å². The fraction of sp³-hybridized carbons (Fsp3) is 0.182. The standard InChI is InChI=1S/C22H20N2O6/c1-13-10-18(26)20(22(29)23(13)2)17(25)9-8-15-11-14-6-4-5-7-16(14)24(21(15)28)12-19(27)30-3/h4-11,26H,12H2,1-3H3. The van der Waals surface area contributed by atoms with E-state index in [1.54, 1.807) is 37.3 Å². The third-order valence-electron chi connectivity index (χ3n) is 4.86. The highest BCUT2D eigenvalue weighted by Gasteiger charge is 2.17. The van der Waals surface area contributed by atoms with Gasteiger partial charge in [0.05, 0.1) is 12.6 Å². The number of fused-ring (bicyclic) bond motifs is 1. The number of esters is 1. The van der Waals surface area contributed by atoms with Crippen LogP contribution in [0.3, 0.4) is 0 Å². The van der Waals surface area contributed by atoms with Crippen molar-refractivity contribution >= 4 is 28.7 Å². The summed E-state index contributed by atoms with van der Waals surface area (Å²) in [6.07, 6.45) is 2.32. The van der Waals surface area contributed by atoms with Gasteiger partial charge in [0.1, 0.15) is 17.9 Å². The number of rotatable bonds is 5. The van der Waals surface area contributed by atoms with Gasteiger partial charge in [-0.25, -0.2) is 0 Å². The largest absolute Gasteiger partial charge is 0.507 e. The number of hydrogen-bond acceptors (Lipinski definition) is 6. The number of para-hydroxylation sites is 1. The Kier molecular flexibility index (Phi) is 5.68. The zero-order valence-corrected chi connectivity index (χ0v) is 16.7. The first kappa shape index (κ1) is 20.8. The molecule has 8 nitrogen and oxygen atoms in total. The molecular formula is C22H20N2O6. The maximum Gasteiger partial charge on any atom is 0.325 e. The Morgan fingerprint density at radius 3 is 2.53 bits per heavy atom. The second kappa shape index (κ2) is 8.20. The molecule has 2 heterocycles. The van der Waals surface area contributed by atoms with E-state index in [4.69, 9.17) is 0 Å². The molecule has 0 spiro atoms. The normalized spacial score (nSPS) is 11.2. The topological polar surface area (TPSA) is 108 Å². The molecule has 1 aromatic carbocycles. The van der Waals surface area contributed by atoms with Crippen LogP contribution in [0.15, 0.2) is 52.1 Å². The Balaban J connectivity index is 2.09. The molecule has 0 aliphatic heterocycles. The predicted octanol–water partition coefficient (Wildman–Crippen LogP) is 1.78. The SMILES string of the molecule is COC(=O)Cn1c(=O)c(C=CC(=O)c2c(O)cc(C)n(C)c2=O)cc2ccccc21. The molecule has 8 heteroatoms. The molecule has 0 fully saturated rings. The first-order chi connectivity index (χ1) is 14.2. The molecule has 0 saturated heterocycles. The summed E-state index contributed by atoms with van der Waals surface area (Å²) in [6.45, 7) is 1.34. The van der Waals surface area contributed by atoms with Gasteiger partial charge < -0.3 is 14.4 Å². The van der Waals surface area contributed by atoms with Crippen molar-refractivity contribution in [2.45, 2.75) is 13.5 Å². The molecule has 0 aliphatic rings. The molecule has 3 aromatic rings. The third-order valence-corrected chi connectivity index (χ3v) is 4.86. The van der Waals surface area contributed by atoms with Crippen LogP contribution in [0.5, 0.6) is 5.75 Å². The minimum atomic E-state index is -0.736. The molecule has 0 radical (unpaired) electrons. The lowest BCUT2D eigenvalue weighted by Gasteiger charge is -2.10. The van der Waals surface area contributed by atoms with Crippen LogP contribution in [-0.4, -0.2) is 33.1 Å². The molecule has 0 unspecified atom stereocenters. The van der Waals surface area contributed by atoms with Crippen LogP contribution < -0.4 is 11.1 Å². The van der Waals surface area contributed by atoms with Crippen molar-refractivity contribution in [3.05, 3.63) is 80.0 Å². The van der Waals surface area contributed by atoms with Crippen molar-refractivity contribution in [3.63, 3.8) is 0 Å². The predicted molar refractivity (Wildman–Crippen MR) is 112 cm³/mol. The molecule has 3 rings (SSSR count). The average Bonchev–Trinajstić information content (AvgIpc) is 2.72. The number of methoxy groups -OCH3 is 1. The first-order valence-electron chi connectivity index (χ1n) is 9.06. The molecule has 2 aromatic heterocycles. The van der Waals surface area contributed by atoms with Gasteiger partial charge in [0.25, 0.3) is 11.1 Å². The summed E-state index contributed by atoms with van der Waals surface area (Å²) in [6, 6.07) is 9.90. The highest BCUT2D eigenvalue weighted by atomic mass is 16.5. The maximum atomic E-state index is 12.9. The van der Waals surface area contributed by atoms with Gasteiger partial charge in [-0.2, -0.15) is 0 Å². The van der Waals surface area contributed by atoms with Crippen LogP contribution in [0.2, 0.25) is 0 Å². The van der Waals surface area contributed by atoms with E-state index >= 15 is 0 Å². The minimum Gasteiger partial charge on any atom is -0.507 e. The quantitative estimate of drug-likeness (QED) is 0.392. The van der Waals surface area contributed by atoms with Crippen LogP contribution in [0.25, 0.3) is 17.0 Å². The summed E-state index contributed by atoms with van der Waals surface area (Å²) in [7, 11) is 2.72. The highest BCUT2D eigenvalue weighted by Crippen LogP contribution is 2.17. The van der Waals surface area contributed by atoms with Gasteiger partial charge in [-0.1, -0.05) is 18.2 Å². The second-order valence-electron chi connectivity index (χ2n) is 6.73. The van der Waals surface area contributed by atoms with E-state index in [-0.39, 0.29) is 17.7 Å². The van der Waals surface area contributed by atoms with Crippen molar-refractivity contribution in [2.24, 2.45) is 7.05 Å². The lowest BCUT2D eigenvalue weighted by atomic mass is 10.1. The summed E-state index contributed by atoms with van der Waals surface area (Å²) in [5.74, 6) is -1.75. The van der Waals surface area contributed by atoms with Crippen LogP contribution in [0.1, 0.15) is 21.6 Å². The number of pyridine rings is 2. The van der Waals surface area contributed by atoms with Crippen LogP contribution in [0, 0.1) is 6.92 Å². The number of ketones is 1. The number of carbonyl (C=O) groups is 2. The molecule has 0 amide bonds. The van der Waals surface area contributed by atoms with Crippen molar-refractivity contribution < 1.29 is 19.4 Å². The van der Waals surface area contributed by atoms with E-state index in [9.17, 15) is 24.3 Å². The number of aromatic nitrogens is 2. The number of aryl methyl sites for hydroxylation is 1. The highest BCUT2D eigenvalue weighted by molar-refractivity contribution is 6.08. The Morgan fingerprint density at radius 2 is 1.83 bits per heavy atom. The van der Waals surface area contributed by atoms with Crippen molar-refractivity contribution in [1.29, 1.82) is 0 Å². The number of benzene rings is 1. The molecule has 154 valence electrons. The number of nitrogens with zero attached hydrogens (tertiary/aromatic N) is 2. The number of allylic oxidation sites excluding steroid dienone is 1.